The van der Waals surface area contributed by atoms with Gasteiger partial charge in [0.05, 0.1) is 20.0 Å². The Labute approximate surface area is 204 Å². The minimum Gasteiger partial charge on any atom is -0.493 e. The Morgan fingerprint density at radius 1 is 1.11 bits per heavy atom. The summed E-state index contributed by atoms with van der Waals surface area (Å²) in [6, 6.07) is 10.3. The first-order valence-corrected chi connectivity index (χ1v) is 11.4. The highest BCUT2D eigenvalue weighted by Crippen LogP contribution is 2.27. The second-order valence-electron chi connectivity index (χ2n) is 7.17. The predicted octanol–water partition coefficient (Wildman–Crippen LogP) is 2.21. The zero-order valence-electron chi connectivity index (χ0n) is 19.0. The lowest BCUT2D eigenvalue weighted by Gasteiger charge is -2.10. The number of methoxy groups -OCH3 is 2. The van der Waals surface area contributed by atoms with Crippen LogP contribution < -0.4 is 31.4 Å². The highest BCUT2D eigenvalue weighted by Gasteiger charge is 2.15. The second-order valence-corrected chi connectivity index (χ2v) is 8.13. The lowest BCUT2D eigenvalue weighted by atomic mass is 10.1. The zero-order chi connectivity index (χ0) is 25.4. The SMILES string of the molecule is COc1ccc(CCNC(=O)CSc2nc(N)c(NC(=O)c3ccc(F)cc3)c(=O)[nH]2)cc1OC. The van der Waals surface area contributed by atoms with E-state index in [0.29, 0.717) is 24.5 Å². The summed E-state index contributed by atoms with van der Waals surface area (Å²) in [5.41, 5.74) is 6.03. The molecule has 35 heavy (non-hydrogen) atoms. The third-order valence-corrected chi connectivity index (χ3v) is 5.67. The van der Waals surface area contributed by atoms with Crippen LogP contribution in [0.15, 0.2) is 52.4 Å². The number of benzene rings is 2. The van der Waals surface area contributed by atoms with Gasteiger partial charge in [0, 0.05) is 12.1 Å². The number of hydrogen-bond donors (Lipinski definition) is 4. The topological polar surface area (TPSA) is 148 Å². The Hall–Kier alpha value is -4.06. The van der Waals surface area contributed by atoms with E-state index in [4.69, 9.17) is 15.2 Å². The number of nitrogens with one attached hydrogen (secondary N) is 3. The van der Waals surface area contributed by atoms with Gasteiger partial charge in [-0.1, -0.05) is 17.8 Å². The van der Waals surface area contributed by atoms with Gasteiger partial charge in [-0.3, -0.25) is 19.4 Å². The van der Waals surface area contributed by atoms with Crippen LogP contribution >= 0.6 is 11.8 Å². The van der Waals surface area contributed by atoms with Gasteiger partial charge in [0.2, 0.25) is 5.91 Å². The molecule has 184 valence electrons. The van der Waals surface area contributed by atoms with Crippen LogP contribution in [0.5, 0.6) is 11.5 Å². The van der Waals surface area contributed by atoms with Gasteiger partial charge in [-0.05, 0) is 48.4 Å². The van der Waals surface area contributed by atoms with E-state index >= 15 is 0 Å². The molecule has 5 N–H and O–H groups in total. The molecule has 0 atom stereocenters. The van der Waals surface area contributed by atoms with Crippen molar-refractivity contribution in [3.8, 4) is 11.5 Å². The maximum Gasteiger partial charge on any atom is 0.277 e. The van der Waals surface area contributed by atoms with Crippen molar-refractivity contribution < 1.29 is 23.5 Å². The normalized spacial score (nSPS) is 10.5. The van der Waals surface area contributed by atoms with Gasteiger partial charge < -0.3 is 25.8 Å². The fourth-order valence-electron chi connectivity index (χ4n) is 3.01. The monoisotopic (exact) mass is 501 g/mol. The molecular weight excluding hydrogens is 477 g/mol. The van der Waals surface area contributed by atoms with Crippen molar-refractivity contribution in [1.29, 1.82) is 0 Å². The fourth-order valence-corrected chi connectivity index (χ4v) is 3.71. The number of amides is 2. The number of rotatable bonds is 10. The average Bonchev–Trinajstić information content (AvgIpc) is 2.85. The third-order valence-electron chi connectivity index (χ3n) is 4.79. The summed E-state index contributed by atoms with van der Waals surface area (Å²) in [4.78, 5) is 43.3. The van der Waals surface area contributed by atoms with E-state index in [-0.39, 0.29) is 33.9 Å². The molecule has 0 bridgehead atoms. The molecule has 0 saturated heterocycles. The highest BCUT2D eigenvalue weighted by atomic mass is 32.2. The van der Waals surface area contributed by atoms with Crippen molar-refractivity contribution in [3.63, 3.8) is 0 Å². The van der Waals surface area contributed by atoms with Crippen LogP contribution in [0.3, 0.4) is 0 Å². The van der Waals surface area contributed by atoms with Crippen molar-refractivity contribution in [2.24, 2.45) is 0 Å². The van der Waals surface area contributed by atoms with E-state index in [0.717, 1.165) is 29.5 Å². The molecule has 0 unspecified atom stereocenters. The summed E-state index contributed by atoms with van der Waals surface area (Å²) in [6.45, 7) is 0.398. The van der Waals surface area contributed by atoms with E-state index in [9.17, 15) is 18.8 Å². The average molecular weight is 502 g/mol. The number of nitrogens with two attached hydrogens (primary N) is 1. The Bertz CT molecular complexity index is 1270. The molecule has 0 saturated carbocycles. The molecule has 3 rings (SSSR count). The minimum absolute atomic E-state index is 0.00437. The number of halogens is 1. The van der Waals surface area contributed by atoms with Crippen molar-refractivity contribution in [3.05, 3.63) is 69.8 Å². The first-order chi connectivity index (χ1) is 16.8. The summed E-state index contributed by atoms with van der Waals surface area (Å²) >= 11 is 0.990. The summed E-state index contributed by atoms with van der Waals surface area (Å²) in [7, 11) is 3.11. The Morgan fingerprint density at radius 3 is 2.49 bits per heavy atom. The lowest BCUT2D eigenvalue weighted by Crippen LogP contribution is -2.27. The molecule has 2 amide bonds. The number of carbonyl (C=O) groups is 2. The van der Waals surface area contributed by atoms with Crippen molar-refractivity contribution in [1.82, 2.24) is 15.3 Å². The van der Waals surface area contributed by atoms with Gasteiger partial charge in [0.25, 0.3) is 11.5 Å². The first kappa shape index (κ1) is 25.6. The van der Waals surface area contributed by atoms with Gasteiger partial charge in [0.15, 0.2) is 22.5 Å². The quantitative estimate of drug-likeness (QED) is 0.244. The van der Waals surface area contributed by atoms with Crippen LogP contribution in [-0.2, 0) is 11.2 Å². The molecule has 2 aromatic carbocycles. The molecule has 0 aliphatic heterocycles. The van der Waals surface area contributed by atoms with Crippen LogP contribution in [0.1, 0.15) is 15.9 Å². The van der Waals surface area contributed by atoms with Gasteiger partial charge in [0.1, 0.15) is 11.5 Å². The van der Waals surface area contributed by atoms with E-state index in [1.165, 1.54) is 12.1 Å². The number of ether oxygens (including phenoxy) is 2. The minimum atomic E-state index is -0.677. The summed E-state index contributed by atoms with van der Waals surface area (Å²) < 4.78 is 23.5. The summed E-state index contributed by atoms with van der Waals surface area (Å²) in [5, 5.41) is 5.28. The molecule has 1 heterocycles. The Morgan fingerprint density at radius 2 is 1.83 bits per heavy atom. The number of thioether (sulfide) groups is 1. The van der Waals surface area contributed by atoms with Crippen molar-refractivity contribution >= 4 is 35.1 Å². The number of H-pyrrole nitrogens is 1. The van der Waals surface area contributed by atoms with Crippen LogP contribution in [0.2, 0.25) is 0 Å². The summed E-state index contributed by atoms with van der Waals surface area (Å²) in [5.74, 6) is -0.373. The molecule has 3 aromatic rings. The molecule has 1 aromatic heterocycles. The van der Waals surface area contributed by atoms with Gasteiger partial charge in [-0.2, -0.15) is 0 Å². The van der Waals surface area contributed by atoms with Gasteiger partial charge >= 0.3 is 0 Å². The number of anilines is 2. The molecule has 0 fully saturated rings. The van der Waals surface area contributed by atoms with Crippen molar-refractivity contribution in [2.75, 3.05) is 37.6 Å². The Kier molecular flexibility index (Phi) is 8.68. The first-order valence-electron chi connectivity index (χ1n) is 10.4. The van der Waals surface area contributed by atoms with Gasteiger partial charge in [-0.15, -0.1) is 0 Å². The maximum absolute atomic E-state index is 13.0. The van der Waals surface area contributed by atoms with Gasteiger partial charge in [-0.25, -0.2) is 9.37 Å². The largest absolute Gasteiger partial charge is 0.493 e. The molecule has 0 spiro atoms. The molecule has 10 nitrogen and oxygen atoms in total. The predicted molar refractivity (Wildman–Crippen MR) is 131 cm³/mol. The second kappa shape index (κ2) is 11.9. The molecule has 0 aliphatic carbocycles. The van der Waals surface area contributed by atoms with E-state index in [1.54, 1.807) is 20.3 Å². The maximum atomic E-state index is 13.0. The van der Waals surface area contributed by atoms with Crippen LogP contribution in [0.25, 0.3) is 0 Å². The number of carbonyl (C=O) groups excluding carboxylic acids is 2. The number of aromatic nitrogens is 2. The lowest BCUT2D eigenvalue weighted by molar-refractivity contribution is -0.118. The number of hydrogen-bond acceptors (Lipinski definition) is 8. The fraction of sp³-hybridized carbons (Fsp3) is 0.217. The smallest absolute Gasteiger partial charge is 0.277 e. The molecule has 0 radical (unpaired) electrons. The van der Waals surface area contributed by atoms with E-state index in [1.807, 2.05) is 12.1 Å². The number of nitrogens with zero attached hydrogens (tertiary/aromatic N) is 1. The van der Waals surface area contributed by atoms with Crippen molar-refractivity contribution in [2.45, 2.75) is 11.6 Å². The van der Waals surface area contributed by atoms with E-state index in [2.05, 4.69) is 20.6 Å². The van der Waals surface area contributed by atoms with E-state index < -0.39 is 17.3 Å². The van der Waals surface area contributed by atoms with Crippen LogP contribution in [0.4, 0.5) is 15.9 Å². The third kappa shape index (κ3) is 6.96. The highest BCUT2D eigenvalue weighted by molar-refractivity contribution is 7.99. The number of aromatic amines is 1. The standard InChI is InChI=1S/C23H24FN5O5S/c1-33-16-8-3-13(11-17(16)34-2)9-10-26-18(30)12-35-23-28-20(25)19(22(32)29-23)27-21(31)14-4-6-15(24)7-5-14/h3-8,11H,9-10,12H2,1-2H3,(H,26,30)(H,27,31)(H3,25,28,29,32). The van der Waals surface area contributed by atoms with Crippen LogP contribution in [0, 0.1) is 5.82 Å². The molecule has 12 heteroatoms. The van der Waals surface area contributed by atoms with Crippen LogP contribution in [-0.4, -0.2) is 48.3 Å². The zero-order valence-corrected chi connectivity index (χ0v) is 19.8. The Balaban J connectivity index is 1.51. The number of nitrogen functional groups attached to an aromatic ring is 1. The summed E-state index contributed by atoms with van der Waals surface area (Å²) in [6.07, 6.45) is 0.585. The molecular formula is C23H24FN5O5S. The molecule has 0 aliphatic rings.